The summed E-state index contributed by atoms with van der Waals surface area (Å²) in [5.74, 6) is -0.481. The fourth-order valence-corrected chi connectivity index (χ4v) is 3.82. The second-order valence-corrected chi connectivity index (χ2v) is 7.80. The van der Waals surface area contributed by atoms with Crippen LogP contribution in [0.3, 0.4) is 0 Å². The summed E-state index contributed by atoms with van der Waals surface area (Å²) in [6.07, 6.45) is 0.779. The van der Waals surface area contributed by atoms with Crippen molar-refractivity contribution in [2.24, 2.45) is 0 Å². The lowest BCUT2D eigenvalue weighted by Crippen LogP contribution is -2.49. The first-order chi connectivity index (χ1) is 15.0. The number of likely N-dealkylation sites (N-methyl/N-ethyl adjacent to an activating group) is 1. The molecule has 2 aromatic carbocycles. The van der Waals surface area contributed by atoms with E-state index in [0.717, 1.165) is 49.5 Å². The van der Waals surface area contributed by atoms with Crippen molar-refractivity contribution in [3.8, 4) is 5.75 Å². The predicted octanol–water partition coefficient (Wildman–Crippen LogP) is 2.30. The van der Waals surface area contributed by atoms with E-state index in [1.807, 2.05) is 55.5 Å². The number of anilines is 1. The Morgan fingerprint density at radius 1 is 1.00 bits per heavy atom. The van der Waals surface area contributed by atoms with Crippen LogP contribution in [0.4, 0.5) is 5.69 Å². The normalized spacial score (nSPS) is 15.8. The highest BCUT2D eigenvalue weighted by molar-refractivity contribution is 6.39. The topological polar surface area (TPSA) is 73.9 Å². The molecule has 1 saturated heterocycles. The maximum absolute atomic E-state index is 12.5. The van der Waals surface area contributed by atoms with E-state index < -0.39 is 11.8 Å². The highest BCUT2D eigenvalue weighted by atomic mass is 16.5. The van der Waals surface area contributed by atoms with Gasteiger partial charge in [0, 0.05) is 38.4 Å². The second kappa shape index (κ2) is 10.9. The maximum Gasteiger partial charge on any atom is 0.313 e. The zero-order valence-electron chi connectivity index (χ0n) is 18.6. The minimum atomic E-state index is -0.646. The highest BCUT2D eigenvalue weighted by Crippen LogP contribution is 2.24. The molecule has 0 spiro atoms. The molecule has 7 nitrogen and oxygen atoms in total. The molecular formula is C24H32N4O3. The summed E-state index contributed by atoms with van der Waals surface area (Å²) in [5, 5.41) is 5.58. The average molecular weight is 425 g/mol. The van der Waals surface area contributed by atoms with Crippen molar-refractivity contribution >= 4 is 17.5 Å². The van der Waals surface area contributed by atoms with Crippen molar-refractivity contribution in [2.45, 2.75) is 19.4 Å². The molecular weight excluding hydrogens is 392 g/mol. The molecule has 0 radical (unpaired) electrons. The maximum atomic E-state index is 12.5. The molecule has 1 fully saturated rings. The molecule has 166 valence electrons. The summed E-state index contributed by atoms with van der Waals surface area (Å²) < 4.78 is 5.27. The number of methoxy groups -OCH3 is 1. The summed E-state index contributed by atoms with van der Waals surface area (Å²) in [6, 6.07) is 15.4. The third-order valence-corrected chi connectivity index (χ3v) is 5.79. The molecule has 1 atom stereocenters. The molecule has 0 saturated carbocycles. The van der Waals surface area contributed by atoms with Crippen LogP contribution in [-0.2, 0) is 16.0 Å². The second-order valence-electron chi connectivity index (χ2n) is 7.80. The van der Waals surface area contributed by atoms with Gasteiger partial charge in [-0.15, -0.1) is 0 Å². The Bertz CT molecular complexity index is 877. The lowest BCUT2D eigenvalue weighted by Gasteiger charge is -2.38. The number of nitrogens with zero attached hydrogens (tertiary/aromatic N) is 2. The SMILES string of the molecule is CCc1ccccc1NC(=O)C(=O)NC[C@H](c1ccc(OC)cc1)N1CCN(C)CC1. The van der Waals surface area contributed by atoms with Crippen LogP contribution in [0.25, 0.3) is 0 Å². The van der Waals surface area contributed by atoms with Crippen molar-refractivity contribution in [3.05, 3.63) is 59.7 Å². The van der Waals surface area contributed by atoms with Crippen LogP contribution in [0.15, 0.2) is 48.5 Å². The highest BCUT2D eigenvalue weighted by Gasteiger charge is 2.25. The summed E-state index contributed by atoms with van der Waals surface area (Å²) >= 11 is 0. The van der Waals surface area contributed by atoms with Gasteiger partial charge in [-0.2, -0.15) is 0 Å². The van der Waals surface area contributed by atoms with Gasteiger partial charge in [0.05, 0.1) is 13.2 Å². The van der Waals surface area contributed by atoms with Gasteiger partial charge in [-0.3, -0.25) is 14.5 Å². The smallest absolute Gasteiger partial charge is 0.313 e. The quantitative estimate of drug-likeness (QED) is 0.668. The van der Waals surface area contributed by atoms with Gasteiger partial charge in [-0.25, -0.2) is 0 Å². The molecule has 3 rings (SSSR count). The molecule has 1 heterocycles. The molecule has 0 unspecified atom stereocenters. The Labute approximate surface area is 184 Å². The molecule has 0 bridgehead atoms. The molecule has 1 aliphatic heterocycles. The first kappa shape index (κ1) is 22.8. The van der Waals surface area contributed by atoms with Crippen molar-refractivity contribution in [3.63, 3.8) is 0 Å². The number of aryl methyl sites for hydroxylation is 1. The Morgan fingerprint density at radius 2 is 1.68 bits per heavy atom. The molecule has 1 aliphatic rings. The van der Waals surface area contributed by atoms with E-state index in [9.17, 15) is 9.59 Å². The fraction of sp³-hybridized carbons (Fsp3) is 0.417. The number of piperazine rings is 1. The molecule has 2 amide bonds. The minimum absolute atomic E-state index is 0.0146. The molecule has 2 N–H and O–H groups in total. The number of ether oxygens (including phenoxy) is 1. The van der Waals surface area contributed by atoms with E-state index in [1.54, 1.807) is 7.11 Å². The summed E-state index contributed by atoms with van der Waals surface area (Å²) in [5.41, 5.74) is 2.76. The Kier molecular flexibility index (Phi) is 8.03. The van der Waals surface area contributed by atoms with Gasteiger partial charge in [0.25, 0.3) is 0 Å². The standard InChI is InChI=1S/C24H32N4O3/c1-4-18-7-5-6-8-21(18)26-24(30)23(29)25-17-22(28-15-13-27(2)14-16-28)19-9-11-20(31-3)12-10-19/h5-12,22H,4,13-17H2,1-3H3,(H,25,29)(H,26,30)/t22-/m1/s1. The van der Waals surface area contributed by atoms with Gasteiger partial charge in [-0.1, -0.05) is 37.3 Å². The van der Waals surface area contributed by atoms with Crippen molar-refractivity contribution in [1.29, 1.82) is 0 Å². The lowest BCUT2D eigenvalue weighted by molar-refractivity contribution is -0.136. The summed E-state index contributed by atoms with van der Waals surface area (Å²) in [6.45, 7) is 6.11. The van der Waals surface area contributed by atoms with Crippen LogP contribution in [0.2, 0.25) is 0 Å². The lowest BCUT2D eigenvalue weighted by atomic mass is 10.0. The monoisotopic (exact) mass is 424 g/mol. The molecule has 31 heavy (non-hydrogen) atoms. The fourth-order valence-electron chi connectivity index (χ4n) is 3.82. The Morgan fingerprint density at radius 3 is 2.32 bits per heavy atom. The average Bonchev–Trinajstić information content (AvgIpc) is 2.80. The van der Waals surface area contributed by atoms with E-state index >= 15 is 0 Å². The van der Waals surface area contributed by atoms with E-state index in [-0.39, 0.29) is 6.04 Å². The van der Waals surface area contributed by atoms with E-state index in [1.165, 1.54) is 0 Å². The number of nitrogens with one attached hydrogen (secondary N) is 2. The van der Waals surface area contributed by atoms with Gasteiger partial charge in [0.2, 0.25) is 0 Å². The number of hydrogen-bond acceptors (Lipinski definition) is 5. The van der Waals surface area contributed by atoms with Gasteiger partial charge in [-0.05, 0) is 42.8 Å². The van der Waals surface area contributed by atoms with Crippen LogP contribution in [0, 0.1) is 0 Å². The third-order valence-electron chi connectivity index (χ3n) is 5.79. The first-order valence-electron chi connectivity index (χ1n) is 10.8. The van der Waals surface area contributed by atoms with Crippen LogP contribution >= 0.6 is 0 Å². The molecule has 7 heteroatoms. The van der Waals surface area contributed by atoms with E-state index in [0.29, 0.717) is 12.2 Å². The first-order valence-corrected chi connectivity index (χ1v) is 10.8. The molecule has 0 aliphatic carbocycles. The summed E-state index contributed by atoms with van der Waals surface area (Å²) in [4.78, 5) is 29.7. The van der Waals surface area contributed by atoms with Crippen LogP contribution in [0.1, 0.15) is 24.1 Å². The largest absolute Gasteiger partial charge is 0.497 e. The van der Waals surface area contributed by atoms with Crippen LogP contribution in [0.5, 0.6) is 5.75 Å². The van der Waals surface area contributed by atoms with E-state index in [2.05, 4.69) is 27.5 Å². The van der Waals surface area contributed by atoms with Crippen molar-refractivity contribution < 1.29 is 14.3 Å². The van der Waals surface area contributed by atoms with Crippen molar-refractivity contribution in [2.75, 3.05) is 52.2 Å². The summed E-state index contributed by atoms with van der Waals surface area (Å²) in [7, 11) is 3.75. The predicted molar refractivity (Wildman–Crippen MR) is 122 cm³/mol. The Balaban J connectivity index is 1.67. The number of amides is 2. The number of carbonyl (C=O) groups is 2. The van der Waals surface area contributed by atoms with Gasteiger partial charge in [0.1, 0.15) is 5.75 Å². The number of hydrogen-bond donors (Lipinski definition) is 2. The zero-order valence-corrected chi connectivity index (χ0v) is 18.6. The molecule has 2 aromatic rings. The van der Waals surface area contributed by atoms with Crippen LogP contribution in [-0.4, -0.2) is 68.5 Å². The third kappa shape index (κ3) is 6.06. The number of rotatable bonds is 7. The van der Waals surface area contributed by atoms with Crippen LogP contribution < -0.4 is 15.4 Å². The van der Waals surface area contributed by atoms with Gasteiger partial charge in [0.15, 0.2) is 0 Å². The van der Waals surface area contributed by atoms with Gasteiger partial charge < -0.3 is 20.3 Å². The van der Waals surface area contributed by atoms with Crippen molar-refractivity contribution in [1.82, 2.24) is 15.1 Å². The number of benzene rings is 2. The number of carbonyl (C=O) groups excluding carboxylic acids is 2. The zero-order chi connectivity index (χ0) is 22.2. The minimum Gasteiger partial charge on any atom is -0.497 e. The number of para-hydroxylation sites is 1. The van der Waals surface area contributed by atoms with E-state index in [4.69, 9.17) is 4.74 Å². The molecule has 0 aromatic heterocycles. The van der Waals surface area contributed by atoms with Gasteiger partial charge >= 0.3 is 11.8 Å². The Hall–Kier alpha value is -2.90.